The molecule has 0 bridgehead atoms. The van der Waals surface area contributed by atoms with E-state index in [-0.39, 0.29) is 0 Å². The van der Waals surface area contributed by atoms with E-state index in [1.807, 2.05) is 6.92 Å². The van der Waals surface area contributed by atoms with Crippen molar-refractivity contribution in [2.24, 2.45) is 11.8 Å². The maximum Gasteiger partial charge on any atom is 0.335 e. The van der Waals surface area contributed by atoms with Gasteiger partial charge in [0, 0.05) is 12.2 Å². The molecule has 4 heteroatoms. The van der Waals surface area contributed by atoms with Crippen LogP contribution in [-0.4, -0.2) is 22.6 Å². The van der Waals surface area contributed by atoms with Crippen molar-refractivity contribution in [3.05, 3.63) is 23.4 Å². The average molecular weight is 262 g/mol. The van der Waals surface area contributed by atoms with Crippen molar-refractivity contribution in [1.82, 2.24) is 4.98 Å². The van der Waals surface area contributed by atoms with Gasteiger partial charge in [0.05, 0.1) is 5.56 Å². The van der Waals surface area contributed by atoms with Crippen LogP contribution in [0.3, 0.4) is 0 Å². The molecule has 0 saturated heterocycles. The Hall–Kier alpha value is -1.58. The highest BCUT2D eigenvalue weighted by Crippen LogP contribution is 2.28. The Kier molecular flexibility index (Phi) is 4.40. The Labute approximate surface area is 114 Å². The summed E-state index contributed by atoms with van der Waals surface area (Å²) < 4.78 is 0. The normalized spacial score (nSPS) is 23.1. The van der Waals surface area contributed by atoms with Crippen LogP contribution in [0.5, 0.6) is 0 Å². The van der Waals surface area contributed by atoms with Gasteiger partial charge < -0.3 is 10.4 Å². The van der Waals surface area contributed by atoms with E-state index in [4.69, 9.17) is 5.11 Å². The van der Waals surface area contributed by atoms with Gasteiger partial charge in [0.2, 0.25) is 0 Å². The fourth-order valence-electron chi connectivity index (χ4n) is 2.66. The highest BCUT2D eigenvalue weighted by Gasteiger charge is 2.18. The fraction of sp³-hybridized carbons (Fsp3) is 0.600. The number of nitrogens with zero attached hydrogens (tertiary/aromatic N) is 1. The molecule has 2 N–H and O–H groups in total. The van der Waals surface area contributed by atoms with E-state index in [1.165, 1.54) is 25.7 Å². The van der Waals surface area contributed by atoms with E-state index >= 15 is 0 Å². The van der Waals surface area contributed by atoms with Crippen molar-refractivity contribution in [3.8, 4) is 0 Å². The number of pyridine rings is 1. The molecule has 0 unspecified atom stereocenters. The van der Waals surface area contributed by atoms with Crippen LogP contribution in [0.1, 0.15) is 48.7 Å². The third kappa shape index (κ3) is 3.94. The summed E-state index contributed by atoms with van der Waals surface area (Å²) in [6, 6.07) is 3.20. The molecule has 0 spiro atoms. The molecule has 0 amide bonds. The van der Waals surface area contributed by atoms with Crippen LogP contribution in [0, 0.1) is 18.8 Å². The Bertz CT molecular complexity index is 451. The molecular weight excluding hydrogens is 240 g/mol. The topological polar surface area (TPSA) is 62.2 Å². The molecule has 0 atom stereocenters. The predicted octanol–water partition coefficient (Wildman–Crippen LogP) is 3.33. The zero-order valence-electron chi connectivity index (χ0n) is 11.6. The number of carboxylic acids is 1. The summed E-state index contributed by atoms with van der Waals surface area (Å²) in [5, 5.41) is 12.3. The highest BCUT2D eigenvalue weighted by atomic mass is 16.4. The van der Waals surface area contributed by atoms with Gasteiger partial charge in [-0.25, -0.2) is 9.78 Å². The Morgan fingerprint density at radius 1 is 1.37 bits per heavy atom. The molecule has 1 heterocycles. The van der Waals surface area contributed by atoms with Crippen LogP contribution in [-0.2, 0) is 0 Å². The molecular formula is C15H22N2O2. The minimum Gasteiger partial charge on any atom is -0.478 e. The number of hydrogen-bond donors (Lipinski definition) is 2. The summed E-state index contributed by atoms with van der Waals surface area (Å²) in [7, 11) is 0. The number of carboxylic acid groups (broad SMARTS) is 1. The molecule has 0 aliphatic heterocycles. The van der Waals surface area contributed by atoms with Crippen LogP contribution in [0.25, 0.3) is 0 Å². The molecule has 1 fully saturated rings. The number of aryl methyl sites for hydroxylation is 1. The monoisotopic (exact) mass is 262 g/mol. The Morgan fingerprint density at radius 3 is 2.68 bits per heavy atom. The van der Waals surface area contributed by atoms with Crippen LogP contribution in [0.15, 0.2) is 12.1 Å². The molecule has 1 aromatic heterocycles. The SMILES string of the molecule is Cc1cc(C(=O)O)cc(NCC2CCC(C)CC2)n1. The van der Waals surface area contributed by atoms with Crippen LogP contribution in [0.2, 0.25) is 0 Å². The second-order valence-electron chi connectivity index (χ2n) is 5.69. The second kappa shape index (κ2) is 6.04. The molecule has 4 nitrogen and oxygen atoms in total. The van der Waals surface area contributed by atoms with Crippen molar-refractivity contribution in [2.45, 2.75) is 39.5 Å². The van der Waals surface area contributed by atoms with Crippen molar-refractivity contribution in [3.63, 3.8) is 0 Å². The first-order chi connectivity index (χ1) is 9.04. The van der Waals surface area contributed by atoms with Crippen LogP contribution in [0.4, 0.5) is 5.82 Å². The van der Waals surface area contributed by atoms with Crippen LogP contribution >= 0.6 is 0 Å². The molecule has 104 valence electrons. The quantitative estimate of drug-likeness (QED) is 0.873. The molecule has 1 aliphatic carbocycles. The lowest BCUT2D eigenvalue weighted by molar-refractivity contribution is 0.0696. The maximum atomic E-state index is 11.0. The van der Waals surface area contributed by atoms with Gasteiger partial charge in [-0.1, -0.05) is 19.8 Å². The fourth-order valence-corrected chi connectivity index (χ4v) is 2.66. The van der Waals surface area contributed by atoms with Gasteiger partial charge in [-0.15, -0.1) is 0 Å². The van der Waals surface area contributed by atoms with E-state index in [1.54, 1.807) is 12.1 Å². The molecule has 1 saturated carbocycles. The molecule has 1 aromatic rings. The summed E-state index contributed by atoms with van der Waals surface area (Å²) in [6.07, 6.45) is 5.11. The molecule has 1 aliphatic rings. The number of aromatic carboxylic acids is 1. The number of anilines is 1. The van der Waals surface area contributed by atoms with Gasteiger partial charge in [0.1, 0.15) is 5.82 Å². The first-order valence-electron chi connectivity index (χ1n) is 7.00. The minimum absolute atomic E-state index is 0.298. The van der Waals surface area contributed by atoms with E-state index < -0.39 is 5.97 Å². The van der Waals surface area contributed by atoms with Crippen molar-refractivity contribution in [1.29, 1.82) is 0 Å². The summed E-state index contributed by atoms with van der Waals surface area (Å²) in [6.45, 7) is 5.02. The lowest BCUT2D eigenvalue weighted by atomic mass is 9.83. The number of rotatable bonds is 4. The Morgan fingerprint density at radius 2 is 2.05 bits per heavy atom. The summed E-state index contributed by atoms with van der Waals surface area (Å²) in [4.78, 5) is 15.3. The zero-order valence-corrected chi connectivity index (χ0v) is 11.6. The van der Waals surface area contributed by atoms with Gasteiger partial charge in [-0.05, 0) is 43.7 Å². The average Bonchev–Trinajstić information content (AvgIpc) is 2.37. The van der Waals surface area contributed by atoms with E-state index in [9.17, 15) is 4.79 Å². The van der Waals surface area contributed by atoms with Gasteiger partial charge in [0.25, 0.3) is 0 Å². The van der Waals surface area contributed by atoms with E-state index in [0.29, 0.717) is 17.3 Å². The number of nitrogens with one attached hydrogen (secondary N) is 1. The third-order valence-corrected chi connectivity index (χ3v) is 3.91. The zero-order chi connectivity index (χ0) is 13.8. The standard InChI is InChI=1S/C15H22N2O2/c1-10-3-5-12(6-4-10)9-16-14-8-13(15(18)19)7-11(2)17-14/h7-8,10,12H,3-6,9H2,1-2H3,(H,16,17)(H,18,19). The van der Waals surface area contributed by atoms with Crippen molar-refractivity contribution < 1.29 is 9.90 Å². The smallest absolute Gasteiger partial charge is 0.335 e. The van der Waals surface area contributed by atoms with E-state index in [0.717, 1.165) is 18.2 Å². The Balaban J connectivity index is 1.94. The molecule has 19 heavy (non-hydrogen) atoms. The van der Waals surface area contributed by atoms with Gasteiger partial charge in [0.15, 0.2) is 0 Å². The van der Waals surface area contributed by atoms with Gasteiger partial charge in [-0.2, -0.15) is 0 Å². The first kappa shape index (κ1) is 13.8. The molecule has 0 aromatic carbocycles. The summed E-state index contributed by atoms with van der Waals surface area (Å²) in [5.74, 6) is 1.31. The number of hydrogen-bond acceptors (Lipinski definition) is 3. The second-order valence-corrected chi connectivity index (χ2v) is 5.69. The molecule has 0 radical (unpaired) electrons. The number of aromatic nitrogens is 1. The largest absolute Gasteiger partial charge is 0.478 e. The molecule has 2 rings (SSSR count). The van der Waals surface area contributed by atoms with Gasteiger partial charge >= 0.3 is 5.97 Å². The third-order valence-electron chi connectivity index (χ3n) is 3.91. The maximum absolute atomic E-state index is 11.0. The minimum atomic E-state index is -0.903. The van der Waals surface area contributed by atoms with Crippen molar-refractivity contribution >= 4 is 11.8 Å². The lowest BCUT2D eigenvalue weighted by Gasteiger charge is -2.26. The van der Waals surface area contributed by atoms with Crippen LogP contribution < -0.4 is 5.32 Å². The van der Waals surface area contributed by atoms with E-state index in [2.05, 4.69) is 17.2 Å². The predicted molar refractivity (Wildman–Crippen MR) is 75.5 cm³/mol. The van der Waals surface area contributed by atoms with Crippen molar-refractivity contribution in [2.75, 3.05) is 11.9 Å². The number of carbonyl (C=O) groups is 1. The first-order valence-corrected chi connectivity index (χ1v) is 7.00. The summed E-state index contributed by atoms with van der Waals surface area (Å²) in [5.41, 5.74) is 1.03. The van der Waals surface area contributed by atoms with Gasteiger partial charge in [-0.3, -0.25) is 0 Å². The summed E-state index contributed by atoms with van der Waals surface area (Å²) >= 11 is 0. The highest BCUT2D eigenvalue weighted by molar-refractivity contribution is 5.88. The lowest BCUT2D eigenvalue weighted by Crippen LogP contribution is -2.20.